The number of carbonyl (C=O) groups is 2. The standard InChI is InChI=1S/C10H10ClNO3S2/c1-5-12(7(4-17-5)10(14)15)9(13)8-6(11)2-3-16-8/h2-3,5,7H,4H2,1H3,(H,14,15). The zero-order valence-corrected chi connectivity index (χ0v) is 11.3. The van der Waals surface area contributed by atoms with Crippen LogP contribution in [0.25, 0.3) is 0 Å². The first-order chi connectivity index (χ1) is 8.02. The number of nitrogens with zero attached hydrogens (tertiary/aromatic N) is 1. The smallest absolute Gasteiger partial charge is 0.327 e. The van der Waals surface area contributed by atoms with Crippen LogP contribution in [0.1, 0.15) is 16.6 Å². The van der Waals surface area contributed by atoms with E-state index in [1.165, 1.54) is 28.0 Å². The molecule has 0 aromatic carbocycles. The lowest BCUT2D eigenvalue weighted by atomic mass is 10.2. The molecule has 17 heavy (non-hydrogen) atoms. The van der Waals surface area contributed by atoms with E-state index in [1.54, 1.807) is 11.4 Å². The molecule has 0 radical (unpaired) electrons. The highest BCUT2D eigenvalue weighted by Gasteiger charge is 2.40. The molecule has 0 spiro atoms. The molecule has 0 bridgehead atoms. The minimum atomic E-state index is -0.970. The summed E-state index contributed by atoms with van der Waals surface area (Å²) in [6.07, 6.45) is 0. The van der Waals surface area contributed by atoms with Gasteiger partial charge in [0.1, 0.15) is 10.9 Å². The Bertz CT molecular complexity index is 462. The van der Waals surface area contributed by atoms with E-state index in [2.05, 4.69) is 0 Å². The van der Waals surface area contributed by atoms with E-state index in [-0.39, 0.29) is 11.3 Å². The van der Waals surface area contributed by atoms with Crippen LogP contribution < -0.4 is 0 Å². The topological polar surface area (TPSA) is 57.6 Å². The van der Waals surface area contributed by atoms with E-state index in [0.29, 0.717) is 15.7 Å². The summed E-state index contributed by atoms with van der Waals surface area (Å²) in [5.74, 6) is -0.844. The maximum atomic E-state index is 12.2. The summed E-state index contributed by atoms with van der Waals surface area (Å²) in [4.78, 5) is 25.1. The van der Waals surface area contributed by atoms with E-state index >= 15 is 0 Å². The summed E-state index contributed by atoms with van der Waals surface area (Å²) in [5.41, 5.74) is 0. The number of thiophene rings is 1. The molecule has 2 unspecified atom stereocenters. The molecule has 1 fully saturated rings. The number of amides is 1. The summed E-state index contributed by atoms with van der Waals surface area (Å²) in [6.45, 7) is 1.83. The molecule has 4 nitrogen and oxygen atoms in total. The molecule has 1 N–H and O–H groups in total. The molecule has 1 aliphatic heterocycles. The van der Waals surface area contributed by atoms with Gasteiger partial charge < -0.3 is 10.0 Å². The number of thioether (sulfide) groups is 1. The van der Waals surface area contributed by atoms with Crippen molar-refractivity contribution in [3.8, 4) is 0 Å². The van der Waals surface area contributed by atoms with Gasteiger partial charge in [0.15, 0.2) is 0 Å². The summed E-state index contributed by atoms with van der Waals surface area (Å²) < 4.78 is 0. The average Bonchev–Trinajstić information content (AvgIpc) is 2.83. The molecule has 0 aliphatic carbocycles. The lowest BCUT2D eigenvalue weighted by molar-refractivity contribution is -0.141. The average molecular weight is 292 g/mol. The first kappa shape index (κ1) is 12.7. The third kappa shape index (κ3) is 2.29. The van der Waals surface area contributed by atoms with Crippen LogP contribution in [0.4, 0.5) is 0 Å². The Labute approximate surface area is 112 Å². The van der Waals surface area contributed by atoms with Gasteiger partial charge in [0, 0.05) is 5.75 Å². The van der Waals surface area contributed by atoms with Crippen molar-refractivity contribution in [3.05, 3.63) is 21.3 Å². The van der Waals surface area contributed by atoms with Gasteiger partial charge in [-0.1, -0.05) is 11.6 Å². The monoisotopic (exact) mass is 291 g/mol. The lowest BCUT2D eigenvalue weighted by Crippen LogP contribution is -2.44. The molecule has 7 heteroatoms. The molecule has 1 amide bonds. The molecular weight excluding hydrogens is 282 g/mol. The lowest BCUT2D eigenvalue weighted by Gasteiger charge is -2.24. The molecule has 2 heterocycles. The predicted octanol–water partition coefficient (Wildman–Crippen LogP) is 2.39. The number of carbonyl (C=O) groups excluding carboxylic acids is 1. The highest BCUT2D eigenvalue weighted by molar-refractivity contribution is 8.00. The quantitative estimate of drug-likeness (QED) is 0.909. The SMILES string of the molecule is CC1SCC(C(=O)O)N1C(=O)c1sccc1Cl. The third-order valence-corrected chi connectivity index (χ3v) is 5.10. The Hall–Kier alpha value is -0.720. The zero-order chi connectivity index (χ0) is 12.6. The molecule has 2 atom stereocenters. The van der Waals surface area contributed by atoms with E-state index in [9.17, 15) is 9.59 Å². The van der Waals surface area contributed by atoms with Crippen LogP contribution in [-0.4, -0.2) is 39.1 Å². The van der Waals surface area contributed by atoms with Gasteiger partial charge in [0.25, 0.3) is 5.91 Å². The fraction of sp³-hybridized carbons (Fsp3) is 0.400. The highest BCUT2D eigenvalue weighted by atomic mass is 35.5. The molecule has 2 rings (SSSR count). The molecule has 0 saturated carbocycles. The molecule has 1 aliphatic rings. The summed E-state index contributed by atoms with van der Waals surface area (Å²) in [6, 6.07) is 0.879. The maximum Gasteiger partial charge on any atom is 0.327 e. The first-order valence-corrected chi connectivity index (χ1v) is 7.23. The van der Waals surface area contributed by atoms with Crippen LogP contribution in [0, 0.1) is 0 Å². The summed E-state index contributed by atoms with van der Waals surface area (Å²) in [5, 5.41) is 11.0. The van der Waals surface area contributed by atoms with Gasteiger partial charge in [-0.15, -0.1) is 23.1 Å². The van der Waals surface area contributed by atoms with E-state index in [4.69, 9.17) is 16.7 Å². The van der Waals surface area contributed by atoms with Gasteiger partial charge in [-0.2, -0.15) is 0 Å². The molecule has 1 aromatic rings. The Morgan fingerprint density at radius 2 is 2.29 bits per heavy atom. The Morgan fingerprint density at radius 3 is 2.82 bits per heavy atom. The van der Waals surface area contributed by atoms with Crippen LogP contribution in [0.5, 0.6) is 0 Å². The second-order valence-electron chi connectivity index (χ2n) is 3.60. The Kier molecular flexibility index (Phi) is 3.65. The van der Waals surface area contributed by atoms with Crippen molar-refractivity contribution in [2.24, 2.45) is 0 Å². The number of rotatable bonds is 2. The molecule has 92 valence electrons. The first-order valence-electron chi connectivity index (χ1n) is 4.92. The predicted molar refractivity (Wildman–Crippen MR) is 68.8 cm³/mol. The van der Waals surface area contributed by atoms with Crippen LogP contribution >= 0.6 is 34.7 Å². The fourth-order valence-corrected chi connectivity index (χ4v) is 3.95. The minimum absolute atomic E-state index is 0.137. The van der Waals surface area contributed by atoms with Crippen molar-refractivity contribution in [2.75, 3.05) is 5.75 Å². The number of halogens is 1. The minimum Gasteiger partial charge on any atom is -0.480 e. The summed E-state index contributed by atoms with van der Waals surface area (Å²) in [7, 11) is 0. The number of hydrogen-bond donors (Lipinski definition) is 1. The van der Waals surface area contributed by atoms with Crippen molar-refractivity contribution in [3.63, 3.8) is 0 Å². The largest absolute Gasteiger partial charge is 0.480 e. The number of hydrogen-bond acceptors (Lipinski definition) is 4. The molecule has 1 saturated heterocycles. The van der Waals surface area contributed by atoms with Gasteiger partial charge in [-0.3, -0.25) is 4.79 Å². The van der Waals surface area contributed by atoms with Crippen LogP contribution in [0.3, 0.4) is 0 Å². The van der Waals surface area contributed by atoms with Crippen LogP contribution in [-0.2, 0) is 4.79 Å². The second-order valence-corrected chi connectivity index (χ2v) is 6.27. The second kappa shape index (κ2) is 4.88. The number of carboxylic acid groups (broad SMARTS) is 1. The van der Waals surface area contributed by atoms with Gasteiger partial charge >= 0.3 is 5.97 Å². The fourth-order valence-electron chi connectivity index (χ4n) is 1.70. The highest BCUT2D eigenvalue weighted by Crippen LogP contribution is 2.33. The third-order valence-electron chi connectivity index (χ3n) is 2.55. The number of aliphatic carboxylic acids is 1. The van der Waals surface area contributed by atoms with Crippen molar-refractivity contribution in [1.29, 1.82) is 0 Å². The van der Waals surface area contributed by atoms with E-state index in [0.717, 1.165) is 0 Å². The van der Waals surface area contributed by atoms with E-state index in [1.807, 2.05) is 6.92 Å². The van der Waals surface area contributed by atoms with Gasteiger partial charge in [-0.05, 0) is 18.4 Å². The van der Waals surface area contributed by atoms with Crippen molar-refractivity contribution in [1.82, 2.24) is 4.90 Å². The van der Waals surface area contributed by atoms with Crippen LogP contribution in [0.2, 0.25) is 5.02 Å². The maximum absolute atomic E-state index is 12.2. The summed E-state index contributed by atoms with van der Waals surface area (Å²) >= 11 is 8.59. The van der Waals surface area contributed by atoms with E-state index < -0.39 is 12.0 Å². The molecular formula is C10H10ClNO3S2. The normalized spacial score (nSPS) is 24.0. The van der Waals surface area contributed by atoms with Gasteiger partial charge in [0.2, 0.25) is 0 Å². The van der Waals surface area contributed by atoms with Crippen molar-refractivity contribution >= 4 is 46.6 Å². The number of carboxylic acids is 1. The van der Waals surface area contributed by atoms with Crippen molar-refractivity contribution < 1.29 is 14.7 Å². The van der Waals surface area contributed by atoms with Crippen molar-refractivity contribution in [2.45, 2.75) is 18.3 Å². The Balaban J connectivity index is 2.29. The zero-order valence-electron chi connectivity index (χ0n) is 8.92. The van der Waals surface area contributed by atoms with Crippen LogP contribution in [0.15, 0.2) is 11.4 Å². The van der Waals surface area contributed by atoms with Gasteiger partial charge in [-0.25, -0.2) is 4.79 Å². The van der Waals surface area contributed by atoms with Gasteiger partial charge in [0.05, 0.1) is 10.4 Å². The molecule has 1 aromatic heterocycles. The Morgan fingerprint density at radius 1 is 1.59 bits per heavy atom.